The van der Waals surface area contributed by atoms with E-state index in [1.807, 2.05) is 0 Å². The largest absolute Gasteiger partial charge is 0.480 e. The highest BCUT2D eigenvalue weighted by Crippen LogP contribution is 2.19. The number of carboxylic acids is 1. The zero-order valence-electron chi connectivity index (χ0n) is 12.1. The first-order chi connectivity index (χ1) is 8.54. The highest BCUT2D eigenvalue weighted by atomic mass is 32.2. The SMILES string of the molecule is CC(CCS(C)=O)NC(=O)N[C@@H](C(=O)O)C(C)(C)C. The van der Waals surface area contributed by atoms with E-state index >= 15 is 0 Å². The Bertz CT molecular complexity index is 352. The van der Waals surface area contributed by atoms with E-state index in [4.69, 9.17) is 5.11 Å². The summed E-state index contributed by atoms with van der Waals surface area (Å²) in [7, 11) is -0.899. The Labute approximate surface area is 116 Å². The molecule has 0 aliphatic rings. The van der Waals surface area contributed by atoms with E-state index in [-0.39, 0.29) is 6.04 Å². The molecule has 0 rings (SSSR count). The summed E-state index contributed by atoms with van der Waals surface area (Å²) in [6.07, 6.45) is 2.19. The average Bonchev–Trinajstić information content (AvgIpc) is 2.21. The first-order valence-corrected chi connectivity index (χ1v) is 7.86. The fraction of sp³-hybridized carbons (Fsp3) is 0.833. The topological polar surface area (TPSA) is 95.5 Å². The second-order valence-electron chi connectivity index (χ2n) is 5.72. The molecule has 6 nitrogen and oxygen atoms in total. The van der Waals surface area contributed by atoms with Crippen LogP contribution in [0.4, 0.5) is 4.79 Å². The molecule has 0 radical (unpaired) electrons. The summed E-state index contributed by atoms with van der Waals surface area (Å²) in [5, 5.41) is 14.2. The number of hydrogen-bond acceptors (Lipinski definition) is 3. The first-order valence-electron chi connectivity index (χ1n) is 6.14. The van der Waals surface area contributed by atoms with Gasteiger partial charge in [0.1, 0.15) is 6.04 Å². The second kappa shape index (κ2) is 7.47. The third-order valence-electron chi connectivity index (χ3n) is 2.60. The van der Waals surface area contributed by atoms with Crippen molar-refractivity contribution in [2.24, 2.45) is 5.41 Å². The van der Waals surface area contributed by atoms with Crippen molar-refractivity contribution in [3.8, 4) is 0 Å². The quantitative estimate of drug-likeness (QED) is 0.679. The minimum atomic E-state index is -1.06. The van der Waals surface area contributed by atoms with Crippen molar-refractivity contribution in [1.82, 2.24) is 10.6 Å². The van der Waals surface area contributed by atoms with Crippen LogP contribution in [0.3, 0.4) is 0 Å². The molecule has 0 aromatic rings. The van der Waals surface area contributed by atoms with E-state index in [9.17, 15) is 13.8 Å². The Morgan fingerprint density at radius 3 is 2.16 bits per heavy atom. The molecule has 0 saturated carbocycles. The van der Waals surface area contributed by atoms with Gasteiger partial charge >= 0.3 is 12.0 Å². The maximum absolute atomic E-state index is 11.7. The van der Waals surface area contributed by atoms with Gasteiger partial charge in [-0.05, 0) is 18.8 Å². The fourth-order valence-corrected chi connectivity index (χ4v) is 2.15. The Hall–Kier alpha value is -1.11. The molecule has 0 spiro atoms. The van der Waals surface area contributed by atoms with Gasteiger partial charge in [0.15, 0.2) is 0 Å². The van der Waals surface area contributed by atoms with Gasteiger partial charge in [0.05, 0.1) is 0 Å². The van der Waals surface area contributed by atoms with Crippen molar-refractivity contribution >= 4 is 22.8 Å². The molecule has 0 bridgehead atoms. The molecule has 0 heterocycles. The van der Waals surface area contributed by atoms with E-state index in [1.165, 1.54) is 0 Å². The highest BCUT2D eigenvalue weighted by molar-refractivity contribution is 7.84. The monoisotopic (exact) mass is 292 g/mol. The minimum absolute atomic E-state index is 0.154. The third kappa shape index (κ3) is 7.81. The average molecular weight is 292 g/mol. The molecule has 0 aromatic carbocycles. The Balaban J connectivity index is 4.35. The summed E-state index contributed by atoms with van der Waals surface area (Å²) in [6, 6.07) is -1.63. The molecule has 3 N–H and O–H groups in total. The Morgan fingerprint density at radius 2 is 1.79 bits per heavy atom. The van der Waals surface area contributed by atoms with Crippen molar-refractivity contribution in [3.05, 3.63) is 0 Å². The van der Waals surface area contributed by atoms with Crippen molar-refractivity contribution in [3.63, 3.8) is 0 Å². The lowest BCUT2D eigenvalue weighted by Crippen LogP contribution is -2.53. The van der Waals surface area contributed by atoms with Crippen LogP contribution in [0.15, 0.2) is 0 Å². The van der Waals surface area contributed by atoms with Crippen LogP contribution in [0.25, 0.3) is 0 Å². The number of amides is 2. The summed E-state index contributed by atoms with van der Waals surface area (Å²) in [6.45, 7) is 7.03. The Morgan fingerprint density at radius 1 is 1.26 bits per heavy atom. The van der Waals surface area contributed by atoms with Gasteiger partial charge < -0.3 is 15.7 Å². The van der Waals surface area contributed by atoms with Crippen molar-refractivity contribution in [2.75, 3.05) is 12.0 Å². The maximum atomic E-state index is 11.7. The maximum Gasteiger partial charge on any atom is 0.326 e. The molecular weight excluding hydrogens is 268 g/mol. The summed E-state index contributed by atoms with van der Waals surface area (Å²) in [5.74, 6) is -0.562. The summed E-state index contributed by atoms with van der Waals surface area (Å²) in [4.78, 5) is 22.8. The summed E-state index contributed by atoms with van der Waals surface area (Å²) in [5.41, 5.74) is -0.572. The number of rotatable bonds is 6. The van der Waals surface area contributed by atoms with Gasteiger partial charge in [0.25, 0.3) is 0 Å². The predicted molar refractivity (Wildman–Crippen MR) is 75.6 cm³/mol. The van der Waals surface area contributed by atoms with Crippen LogP contribution in [-0.4, -0.2) is 45.4 Å². The standard InChI is InChI=1S/C12H24N2O4S/c1-8(6-7-19(5)18)13-11(17)14-9(10(15)16)12(2,3)4/h8-9H,6-7H2,1-5H3,(H,15,16)(H2,13,14,17)/t8?,9-,19?/m0/s1. The number of nitrogens with one attached hydrogen (secondary N) is 2. The summed E-state index contributed by atoms with van der Waals surface area (Å²) >= 11 is 0. The smallest absolute Gasteiger partial charge is 0.326 e. The van der Waals surface area contributed by atoms with Crippen LogP contribution in [0.5, 0.6) is 0 Å². The van der Waals surface area contributed by atoms with E-state index in [2.05, 4.69) is 10.6 Å². The molecule has 3 atom stereocenters. The van der Waals surface area contributed by atoms with Gasteiger partial charge in [0.2, 0.25) is 0 Å². The summed E-state index contributed by atoms with van der Waals surface area (Å²) < 4.78 is 10.9. The number of carbonyl (C=O) groups excluding carboxylic acids is 1. The number of carbonyl (C=O) groups is 2. The highest BCUT2D eigenvalue weighted by Gasteiger charge is 2.32. The third-order valence-corrected chi connectivity index (χ3v) is 3.41. The Kier molecular flexibility index (Phi) is 7.04. The zero-order chi connectivity index (χ0) is 15.2. The number of urea groups is 1. The lowest BCUT2D eigenvalue weighted by molar-refractivity contribution is -0.141. The normalized spacial score (nSPS) is 16.3. The molecule has 0 aromatic heterocycles. The van der Waals surface area contributed by atoms with Crippen molar-refractivity contribution in [2.45, 2.75) is 46.2 Å². The fourth-order valence-electron chi connectivity index (χ4n) is 1.46. The van der Waals surface area contributed by atoms with Gasteiger partial charge in [-0.2, -0.15) is 0 Å². The van der Waals surface area contributed by atoms with Crippen LogP contribution in [0, 0.1) is 5.41 Å². The predicted octanol–water partition coefficient (Wildman–Crippen LogP) is 0.942. The molecule has 19 heavy (non-hydrogen) atoms. The molecule has 0 fully saturated rings. The van der Waals surface area contributed by atoms with Crippen LogP contribution in [0.1, 0.15) is 34.1 Å². The van der Waals surface area contributed by atoms with E-state index in [0.29, 0.717) is 12.2 Å². The second-order valence-corrected chi connectivity index (χ2v) is 7.28. The molecule has 2 unspecified atom stereocenters. The van der Waals surface area contributed by atoms with E-state index < -0.39 is 34.3 Å². The minimum Gasteiger partial charge on any atom is -0.480 e. The number of carboxylic acid groups (broad SMARTS) is 1. The van der Waals surface area contributed by atoms with E-state index in [0.717, 1.165) is 0 Å². The van der Waals surface area contributed by atoms with Gasteiger partial charge in [-0.15, -0.1) is 0 Å². The van der Waals surface area contributed by atoms with Crippen LogP contribution in [0.2, 0.25) is 0 Å². The zero-order valence-corrected chi connectivity index (χ0v) is 13.0. The number of hydrogen-bond donors (Lipinski definition) is 3. The molecule has 0 aliphatic carbocycles. The molecule has 7 heteroatoms. The van der Waals surface area contributed by atoms with Crippen LogP contribution >= 0.6 is 0 Å². The van der Waals surface area contributed by atoms with Gasteiger partial charge in [0, 0.05) is 28.9 Å². The molecule has 0 saturated heterocycles. The molecule has 0 aliphatic heterocycles. The van der Waals surface area contributed by atoms with Crippen molar-refractivity contribution < 1.29 is 18.9 Å². The van der Waals surface area contributed by atoms with E-state index in [1.54, 1.807) is 34.0 Å². The number of aliphatic carboxylic acids is 1. The van der Waals surface area contributed by atoms with Gasteiger partial charge in [-0.1, -0.05) is 20.8 Å². The van der Waals surface area contributed by atoms with Crippen LogP contribution < -0.4 is 10.6 Å². The van der Waals surface area contributed by atoms with Gasteiger partial charge in [-0.3, -0.25) is 4.21 Å². The molecular formula is C12H24N2O4S. The van der Waals surface area contributed by atoms with Crippen LogP contribution in [-0.2, 0) is 15.6 Å². The first kappa shape index (κ1) is 17.9. The lowest BCUT2D eigenvalue weighted by atomic mass is 9.87. The van der Waals surface area contributed by atoms with Gasteiger partial charge in [-0.25, -0.2) is 9.59 Å². The molecule has 112 valence electrons. The molecule has 2 amide bonds. The van der Waals surface area contributed by atoms with Crippen molar-refractivity contribution in [1.29, 1.82) is 0 Å². The lowest BCUT2D eigenvalue weighted by Gasteiger charge is -2.28.